The van der Waals surface area contributed by atoms with Crippen molar-refractivity contribution >= 4 is 11.6 Å². The van der Waals surface area contributed by atoms with Crippen molar-refractivity contribution in [1.29, 1.82) is 0 Å². The third kappa shape index (κ3) is 2.51. The van der Waals surface area contributed by atoms with Crippen LogP contribution in [-0.4, -0.2) is 9.78 Å². The number of aryl methyl sites for hydroxylation is 1. The summed E-state index contributed by atoms with van der Waals surface area (Å²) in [4.78, 5) is 0. The number of alkyl halides is 4. The summed E-state index contributed by atoms with van der Waals surface area (Å²) in [6.07, 6.45) is -2.58. The molecule has 0 aliphatic rings. The SMILES string of the molecule is Cc1cn(-c2ccc(C(F)(F)F)cc2)nc1CCl. The van der Waals surface area contributed by atoms with Crippen LogP contribution in [0.2, 0.25) is 0 Å². The molecular formula is C12H10ClF3N2. The highest BCUT2D eigenvalue weighted by Crippen LogP contribution is 2.29. The number of hydrogen-bond acceptors (Lipinski definition) is 1. The van der Waals surface area contributed by atoms with Gasteiger partial charge in [0.25, 0.3) is 0 Å². The first-order chi connectivity index (χ1) is 8.41. The molecule has 0 unspecified atom stereocenters. The van der Waals surface area contributed by atoms with E-state index in [9.17, 15) is 13.2 Å². The molecule has 0 spiro atoms. The molecule has 0 N–H and O–H groups in total. The predicted octanol–water partition coefficient (Wildman–Crippen LogP) is 3.94. The first kappa shape index (κ1) is 13.0. The van der Waals surface area contributed by atoms with E-state index >= 15 is 0 Å². The Labute approximate surface area is 107 Å². The average molecular weight is 275 g/mol. The van der Waals surface area contributed by atoms with E-state index in [2.05, 4.69) is 5.10 Å². The van der Waals surface area contributed by atoms with Crippen molar-refractivity contribution in [3.05, 3.63) is 47.3 Å². The number of aromatic nitrogens is 2. The maximum Gasteiger partial charge on any atom is 0.416 e. The Morgan fingerprint density at radius 1 is 1.22 bits per heavy atom. The van der Waals surface area contributed by atoms with Gasteiger partial charge in [0.1, 0.15) is 0 Å². The van der Waals surface area contributed by atoms with Crippen LogP contribution in [0.4, 0.5) is 13.2 Å². The lowest BCUT2D eigenvalue weighted by Crippen LogP contribution is -2.05. The molecule has 2 nitrogen and oxygen atoms in total. The maximum atomic E-state index is 12.4. The van der Waals surface area contributed by atoms with Gasteiger partial charge in [-0.15, -0.1) is 11.6 Å². The van der Waals surface area contributed by atoms with Crippen molar-refractivity contribution in [2.75, 3.05) is 0 Å². The molecule has 0 saturated carbocycles. The van der Waals surface area contributed by atoms with E-state index < -0.39 is 11.7 Å². The lowest BCUT2D eigenvalue weighted by molar-refractivity contribution is -0.137. The summed E-state index contributed by atoms with van der Waals surface area (Å²) in [5.74, 6) is 0.277. The van der Waals surface area contributed by atoms with Crippen LogP contribution in [0.5, 0.6) is 0 Å². The van der Waals surface area contributed by atoms with E-state index in [1.165, 1.54) is 16.8 Å². The molecule has 2 rings (SSSR count). The predicted molar refractivity (Wildman–Crippen MR) is 62.9 cm³/mol. The topological polar surface area (TPSA) is 17.8 Å². The summed E-state index contributed by atoms with van der Waals surface area (Å²) in [7, 11) is 0. The molecule has 96 valence electrons. The fourth-order valence-electron chi connectivity index (χ4n) is 1.56. The number of halogens is 4. The van der Waals surface area contributed by atoms with Gasteiger partial charge in [0.2, 0.25) is 0 Å². The van der Waals surface area contributed by atoms with Gasteiger partial charge in [0, 0.05) is 6.20 Å². The first-order valence-corrected chi connectivity index (χ1v) is 5.74. The highest BCUT2D eigenvalue weighted by molar-refractivity contribution is 6.16. The molecule has 0 aliphatic carbocycles. The molecule has 0 atom stereocenters. The van der Waals surface area contributed by atoms with E-state index in [0.29, 0.717) is 5.69 Å². The smallest absolute Gasteiger partial charge is 0.240 e. The number of benzene rings is 1. The summed E-state index contributed by atoms with van der Waals surface area (Å²) < 4.78 is 38.7. The number of nitrogens with zero attached hydrogens (tertiary/aromatic N) is 2. The lowest BCUT2D eigenvalue weighted by Gasteiger charge is -2.07. The minimum absolute atomic E-state index is 0.277. The average Bonchev–Trinajstić information content (AvgIpc) is 2.69. The molecule has 0 aliphatic heterocycles. The highest BCUT2D eigenvalue weighted by atomic mass is 35.5. The van der Waals surface area contributed by atoms with Gasteiger partial charge in [0.05, 0.1) is 22.8 Å². The van der Waals surface area contributed by atoms with E-state index in [1.54, 1.807) is 6.20 Å². The van der Waals surface area contributed by atoms with Crippen LogP contribution in [0.1, 0.15) is 16.8 Å². The fourth-order valence-corrected chi connectivity index (χ4v) is 1.83. The molecule has 2 aromatic rings. The van der Waals surface area contributed by atoms with E-state index in [4.69, 9.17) is 11.6 Å². The highest BCUT2D eigenvalue weighted by Gasteiger charge is 2.30. The third-order valence-electron chi connectivity index (χ3n) is 2.59. The van der Waals surface area contributed by atoms with Crippen molar-refractivity contribution in [1.82, 2.24) is 9.78 Å². The van der Waals surface area contributed by atoms with E-state index in [0.717, 1.165) is 23.4 Å². The van der Waals surface area contributed by atoms with Gasteiger partial charge in [-0.1, -0.05) is 0 Å². The Hall–Kier alpha value is -1.49. The van der Waals surface area contributed by atoms with Crippen LogP contribution in [0.25, 0.3) is 5.69 Å². The van der Waals surface area contributed by atoms with Gasteiger partial charge in [0.15, 0.2) is 0 Å². The summed E-state index contributed by atoms with van der Waals surface area (Å²) >= 11 is 5.69. The monoisotopic (exact) mass is 274 g/mol. The zero-order valence-electron chi connectivity index (χ0n) is 9.50. The summed E-state index contributed by atoms with van der Waals surface area (Å²) in [5, 5.41) is 4.19. The van der Waals surface area contributed by atoms with E-state index in [-0.39, 0.29) is 5.88 Å². The van der Waals surface area contributed by atoms with Gasteiger partial charge in [-0.3, -0.25) is 0 Å². The molecular weight excluding hydrogens is 265 g/mol. The molecule has 0 bridgehead atoms. The van der Waals surface area contributed by atoms with Crippen molar-refractivity contribution in [2.45, 2.75) is 19.0 Å². The Bertz CT molecular complexity index is 543. The van der Waals surface area contributed by atoms with Gasteiger partial charge in [-0.2, -0.15) is 18.3 Å². The minimum atomic E-state index is -4.32. The van der Waals surface area contributed by atoms with Gasteiger partial charge < -0.3 is 0 Å². The molecule has 1 aromatic carbocycles. The molecule has 0 radical (unpaired) electrons. The van der Waals surface area contributed by atoms with Crippen LogP contribution in [0.15, 0.2) is 30.5 Å². The van der Waals surface area contributed by atoms with Crippen LogP contribution in [-0.2, 0) is 12.1 Å². The Kier molecular flexibility index (Phi) is 3.34. The second-order valence-corrected chi connectivity index (χ2v) is 4.15. The van der Waals surface area contributed by atoms with Crippen LogP contribution in [0, 0.1) is 6.92 Å². The molecule has 0 amide bonds. The molecule has 0 fully saturated rings. The van der Waals surface area contributed by atoms with Crippen LogP contribution >= 0.6 is 11.6 Å². The van der Waals surface area contributed by atoms with E-state index in [1.807, 2.05) is 6.92 Å². The largest absolute Gasteiger partial charge is 0.416 e. The Balaban J connectivity index is 2.34. The van der Waals surface area contributed by atoms with Crippen molar-refractivity contribution in [3.8, 4) is 5.69 Å². The van der Waals surface area contributed by atoms with Crippen LogP contribution < -0.4 is 0 Å². The second kappa shape index (κ2) is 4.65. The Morgan fingerprint density at radius 3 is 2.28 bits per heavy atom. The number of rotatable bonds is 2. The standard InChI is InChI=1S/C12H10ClF3N2/c1-8-7-18(17-11(8)6-13)10-4-2-9(3-5-10)12(14,15)16/h2-5,7H,6H2,1H3. The van der Waals surface area contributed by atoms with Crippen molar-refractivity contribution in [3.63, 3.8) is 0 Å². The van der Waals surface area contributed by atoms with Crippen molar-refractivity contribution < 1.29 is 13.2 Å². The summed E-state index contributed by atoms with van der Waals surface area (Å²) in [6, 6.07) is 4.83. The maximum absolute atomic E-state index is 12.4. The second-order valence-electron chi connectivity index (χ2n) is 3.88. The number of hydrogen-bond donors (Lipinski definition) is 0. The molecule has 1 heterocycles. The zero-order chi connectivity index (χ0) is 13.3. The Morgan fingerprint density at radius 2 is 1.83 bits per heavy atom. The van der Waals surface area contributed by atoms with Crippen molar-refractivity contribution in [2.24, 2.45) is 0 Å². The zero-order valence-corrected chi connectivity index (χ0v) is 10.3. The summed E-state index contributed by atoms with van der Waals surface area (Å²) in [6.45, 7) is 1.85. The molecule has 1 aromatic heterocycles. The normalized spacial score (nSPS) is 11.8. The third-order valence-corrected chi connectivity index (χ3v) is 2.84. The quantitative estimate of drug-likeness (QED) is 0.759. The van der Waals surface area contributed by atoms with Crippen LogP contribution in [0.3, 0.4) is 0 Å². The fraction of sp³-hybridized carbons (Fsp3) is 0.250. The summed E-state index contributed by atoms with van der Waals surface area (Å²) in [5.41, 5.74) is 1.52. The van der Waals surface area contributed by atoms with Gasteiger partial charge in [-0.05, 0) is 36.8 Å². The molecule has 0 saturated heterocycles. The molecule has 18 heavy (non-hydrogen) atoms. The van der Waals surface area contributed by atoms with Gasteiger partial charge in [-0.25, -0.2) is 4.68 Å². The first-order valence-electron chi connectivity index (χ1n) is 5.20. The minimum Gasteiger partial charge on any atom is -0.240 e. The lowest BCUT2D eigenvalue weighted by atomic mass is 10.2. The molecule has 6 heteroatoms. The van der Waals surface area contributed by atoms with Gasteiger partial charge >= 0.3 is 6.18 Å².